The molecule has 1 aliphatic carbocycles. The van der Waals surface area contributed by atoms with Gasteiger partial charge >= 0.3 is 6.03 Å². The van der Waals surface area contributed by atoms with E-state index in [4.69, 9.17) is 4.74 Å². The lowest BCUT2D eigenvalue weighted by Crippen LogP contribution is -2.36. The highest BCUT2D eigenvalue weighted by Crippen LogP contribution is 2.40. The molecule has 0 unspecified atom stereocenters. The van der Waals surface area contributed by atoms with Crippen LogP contribution in [-0.2, 0) is 12.0 Å². The number of benzene rings is 1. The standard InChI is InChI=1S/C18H28N2O3/c1-20(2)17(21)19-12-9-14-7-8-15(23-3)13-16(14)18(22)10-5-4-6-11-18/h7-8,13,22H,4-6,9-12H2,1-3H3,(H,19,21). The van der Waals surface area contributed by atoms with E-state index in [1.165, 1.54) is 11.3 Å². The first-order valence-electron chi connectivity index (χ1n) is 8.31. The van der Waals surface area contributed by atoms with Crippen molar-refractivity contribution in [2.45, 2.75) is 44.1 Å². The second kappa shape index (κ2) is 7.68. The summed E-state index contributed by atoms with van der Waals surface area (Å²) in [5.74, 6) is 0.764. The number of nitrogens with zero attached hydrogens (tertiary/aromatic N) is 1. The van der Waals surface area contributed by atoms with Crippen LogP contribution in [-0.4, -0.2) is 43.8 Å². The number of ether oxygens (including phenoxy) is 1. The highest BCUT2D eigenvalue weighted by molar-refractivity contribution is 5.73. The molecule has 2 N–H and O–H groups in total. The predicted octanol–water partition coefficient (Wildman–Crippen LogP) is 2.66. The molecule has 0 atom stereocenters. The Labute approximate surface area is 138 Å². The zero-order valence-corrected chi connectivity index (χ0v) is 14.4. The molecule has 1 aromatic rings. The Kier molecular flexibility index (Phi) is 5.88. The van der Waals surface area contributed by atoms with Crippen molar-refractivity contribution < 1.29 is 14.6 Å². The molecular weight excluding hydrogens is 292 g/mol. The molecule has 0 aliphatic heterocycles. The topological polar surface area (TPSA) is 61.8 Å². The number of aliphatic hydroxyl groups is 1. The minimum absolute atomic E-state index is 0.101. The Morgan fingerprint density at radius 1 is 1.30 bits per heavy atom. The van der Waals surface area contributed by atoms with Gasteiger partial charge in [-0.2, -0.15) is 0 Å². The molecule has 0 aromatic heterocycles. The van der Waals surface area contributed by atoms with Crippen molar-refractivity contribution in [1.29, 1.82) is 0 Å². The van der Waals surface area contributed by atoms with Crippen LogP contribution >= 0.6 is 0 Å². The summed E-state index contributed by atoms with van der Waals surface area (Å²) in [7, 11) is 5.08. The molecule has 0 saturated heterocycles. The molecule has 5 heteroatoms. The third kappa shape index (κ3) is 4.38. The second-order valence-corrected chi connectivity index (χ2v) is 6.49. The summed E-state index contributed by atoms with van der Waals surface area (Å²) < 4.78 is 5.33. The Morgan fingerprint density at radius 3 is 2.61 bits per heavy atom. The normalized spacial score (nSPS) is 16.7. The number of carbonyl (C=O) groups is 1. The summed E-state index contributed by atoms with van der Waals surface area (Å²) in [5, 5.41) is 14.0. The van der Waals surface area contributed by atoms with Crippen LogP contribution in [0.5, 0.6) is 5.75 Å². The number of methoxy groups -OCH3 is 1. The Balaban J connectivity index is 2.16. The first-order chi connectivity index (χ1) is 11.0. The quantitative estimate of drug-likeness (QED) is 0.877. The fraction of sp³-hybridized carbons (Fsp3) is 0.611. The van der Waals surface area contributed by atoms with Gasteiger partial charge in [-0.15, -0.1) is 0 Å². The van der Waals surface area contributed by atoms with E-state index in [1.54, 1.807) is 21.2 Å². The van der Waals surface area contributed by atoms with Gasteiger partial charge in [0.15, 0.2) is 0 Å². The van der Waals surface area contributed by atoms with Crippen molar-refractivity contribution in [3.05, 3.63) is 29.3 Å². The summed E-state index contributed by atoms with van der Waals surface area (Å²) in [5.41, 5.74) is 1.26. The van der Waals surface area contributed by atoms with Crippen molar-refractivity contribution in [3.63, 3.8) is 0 Å². The van der Waals surface area contributed by atoms with E-state index in [9.17, 15) is 9.90 Å². The molecule has 0 radical (unpaired) electrons. The van der Waals surface area contributed by atoms with Gasteiger partial charge in [0.1, 0.15) is 5.75 Å². The maximum Gasteiger partial charge on any atom is 0.316 e. The number of hydrogen-bond donors (Lipinski definition) is 2. The molecule has 1 fully saturated rings. The highest BCUT2D eigenvalue weighted by atomic mass is 16.5. The van der Waals surface area contributed by atoms with Crippen LogP contribution in [0.15, 0.2) is 18.2 Å². The average molecular weight is 320 g/mol. The van der Waals surface area contributed by atoms with Gasteiger partial charge in [0, 0.05) is 20.6 Å². The van der Waals surface area contributed by atoms with Crippen LogP contribution in [0, 0.1) is 0 Å². The van der Waals surface area contributed by atoms with Crippen molar-refractivity contribution in [1.82, 2.24) is 10.2 Å². The fourth-order valence-corrected chi connectivity index (χ4v) is 3.20. The zero-order valence-electron chi connectivity index (χ0n) is 14.4. The molecule has 5 nitrogen and oxygen atoms in total. The fourth-order valence-electron chi connectivity index (χ4n) is 3.20. The molecule has 128 valence electrons. The zero-order chi connectivity index (χ0) is 16.9. The molecule has 0 spiro atoms. The third-order valence-electron chi connectivity index (χ3n) is 4.58. The van der Waals surface area contributed by atoms with E-state index in [2.05, 4.69) is 5.32 Å². The molecule has 1 saturated carbocycles. The third-order valence-corrected chi connectivity index (χ3v) is 4.58. The SMILES string of the molecule is COc1ccc(CCNC(=O)N(C)C)c(C2(O)CCCCC2)c1. The van der Waals surface area contributed by atoms with Crippen LogP contribution in [0.25, 0.3) is 0 Å². The number of rotatable bonds is 5. The molecule has 0 bridgehead atoms. The second-order valence-electron chi connectivity index (χ2n) is 6.49. The number of carbonyl (C=O) groups excluding carboxylic acids is 1. The van der Waals surface area contributed by atoms with Gasteiger partial charge in [0.2, 0.25) is 0 Å². The minimum Gasteiger partial charge on any atom is -0.497 e. The molecule has 2 rings (SSSR count). The highest BCUT2D eigenvalue weighted by Gasteiger charge is 2.33. The van der Waals surface area contributed by atoms with Gasteiger partial charge in [-0.3, -0.25) is 0 Å². The first-order valence-corrected chi connectivity index (χ1v) is 8.31. The van der Waals surface area contributed by atoms with Crippen LogP contribution in [0.3, 0.4) is 0 Å². The number of amides is 2. The predicted molar refractivity (Wildman–Crippen MR) is 90.8 cm³/mol. The molecule has 0 heterocycles. The Morgan fingerprint density at radius 2 is 2.00 bits per heavy atom. The van der Waals surface area contributed by atoms with Gasteiger partial charge < -0.3 is 20.1 Å². The van der Waals surface area contributed by atoms with E-state index in [0.29, 0.717) is 13.0 Å². The minimum atomic E-state index is -0.770. The van der Waals surface area contributed by atoms with Gasteiger partial charge in [-0.05, 0) is 42.5 Å². The summed E-state index contributed by atoms with van der Waals surface area (Å²) in [6, 6.07) is 5.77. The average Bonchev–Trinajstić information content (AvgIpc) is 2.55. The van der Waals surface area contributed by atoms with Gasteiger partial charge in [-0.25, -0.2) is 4.79 Å². The summed E-state index contributed by atoms with van der Waals surface area (Å²) in [6.07, 6.45) is 5.55. The molecular formula is C18H28N2O3. The van der Waals surface area contributed by atoms with E-state index in [-0.39, 0.29) is 6.03 Å². The molecule has 1 aromatic carbocycles. The van der Waals surface area contributed by atoms with Gasteiger partial charge in [-0.1, -0.05) is 25.3 Å². The largest absolute Gasteiger partial charge is 0.497 e. The lowest BCUT2D eigenvalue weighted by atomic mass is 9.77. The van der Waals surface area contributed by atoms with Gasteiger partial charge in [0.25, 0.3) is 0 Å². The van der Waals surface area contributed by atoms with E-state index < -0.39 is 5.60 Å². The maximum atomic E-state index is 11.6. The van der Waals surface area contributed by atoms with Crippen molar-refractivity contribution in [2.24, 2.45) is 0 Å². The van der Waals surface area contributed by atoms with Gasteiger partial charge in [0.05, 0.1) is 12.7 Å². The molecule has 2 amide bonds. The maximum absolute atomic E-state index is 11.6. The van der Waals surface area contributed by atoms with Crippen LogP contribution in [0.1, 0.15) is 43.2 Å². The molecule has 1 aliphatic rings. The smallest absolute Gasteiger partial charge is 0.316 e. The summed E-state index contributed by atoms with van der Waals surface area (Å²) in [4.78, 5) is 13.1. The Hall–Kier alpha value is -1.75. The lowest BCUT2D eigenvalue weighted by molar-refractivity contribution is -0.00156. The number of hydrogen-bond acceptors (Lipinski definition) is 3. The number of nitrogens with one attached hydrogen (secondary N) is 1. The van der Waals surface area contributed by atoms with Crippen molar-refractivity contribution >= 4 is 6.03 Å². The van der Waals surface area contributed by atoms with Crippen molar-refractivity contribution in [3.8, 4) is 5.75 Å². The Bertz CT molecular complexity index is 537. The monoisotopic (exact) mass is 320 g/mol. The van der Waals surface area contributed by atoms with Crippen LogP contribution in [0.2, 0.25) is 0 Å². The van der Waals surface area contributed by atoms with E-state index in [0.717, 1.165) is 42.6 Å². The summed E-state index contributed by atoms with van der Waals surface area (Å²) >= 11 is 0. The van der Waals surface area contributed by atoms with Crippen LogP contribution in [0.4, 0.5) is 4.79 Å². The van der Waals surface area contributed by atoms with Crippen molar-refractivity contribution in [2.75, 3.05) is 27.7 Å². The lowest BCUT2D eigenvalue weighted by Gasteiger charge is -2.34. The van der Waals surface area contributed by atoms with Crippen LogP contribution < -0.4 is 10.1 Å². The molecule has 23 heavy (non-hydrogen) atoms. The summed E-state index contributed by atoms with van der Waals surface area (Å²) in [6.45, 7) is 0.548. The first kappa shape index (κ1) is 17.6. The van der Waals surface area contributed by atoms with E-state index in [1.807, 2.05) is 18.2 Å². The number of urea groups is 1. The van der Waals surface area contributed by atoms with E-state index >= 15 is 0 Å².